The fraction of sp³-hybridized carbons (Fsp3) is 0.692. The lowest BCUT2D eigenvalue weighted by Crippen LogP contribution is -2.35. The summed E-state index contributed by atoms with van der Waals surface area (Å²) in [4.78, 5) is 2.20. The van der Waals surface area contributed by atoms with Crippen LogP contribution >= 0.6 is 0 Å². The number of rotatable bonds is 2. The SMILES string of the molecule is CC1CCCN(c2nn(C(C)C)c(N)c2C#N)C1. The van der Waals surface area contributed by atoms with Crippen LogP contribution in [0.4, 0.5) is 11.6 Å². The first-order valence-corrected chi connectivity index (χ1v) is 6.57. The third kappa shape index (κ3) is 2.15. The van der Waals surface area contributed by atoms with Crippen molar-refractivity contribution in [3.8, 4) is 6.07 Å². The predicted molar refractivity (Wildman–Crippen MR) is 72.4 cm³/mol. The molecule has 5 nitrogen and oxygen atoms in total. The topological polar surface area (TPSA) is 70.9 Å². The number of nitriles is 1. The lowest BCUT2D eigenvalue weighted by molar-refractivity contribution is 0.441. The monoisotopic (exact) mass is 247 g/mol. The van der Waals surface area contributed by atoms with Gasteiger partial charge in [0.1, 0.15) is 17.5 Å². The lowest BCUT2D eigenvalue weighted by Gasteiger charge is -2.31. The zero-order chi connectivity index (χ0) is 13.3. The molecule has 1 aliphatic heterocycles. The van der Waals surface area contributed by atoms with Gasteiger partial charge in [0.15, 0.2) is 5.82 Å². The average Bonchev–Trinajstić information content (AvgIpc) is 2.66. The van der Waals surface area contributed by atoms with Crippen LogP contribution in [-0.2, 0) is 0 Å². The number of nitrogens with zero attached hydrogens (tertiary/aromatic N) is 4. The number of hydrogen-bond donors (Lipinski definition) is 1. The highest BCUT2D eigenvalue weighted by Crippen LogP contribution is 2.29. The molecule has 1 aliphatic rings. The van der Waals surface area contributed by atoms with Crippen molar-refractivity contribution < 1.29 is 0 Å². The van der Waals surface area contributed by atoms with Crippen LogP contribution in [0.5, 0.6) is 0 Å². The van der Waals surface area contributed by atoms with Crippen molar-refractivity contribution >= 4 is 11.6 Å². The van der Waals surface area contributed by atoms with Gasteiger partial charge in [-0.2, -0.15) is 10.4 Å². The number of hydrogen-bond acceptors (Lipinski definition) is 4. The summed E-state index contributed by atoms with van der Waals surface area (Å²) in [5.74, 6) is 1.90. The minimum absolute atomic E-state index is 0.174. The van der Waals surface area contributed by atoms with E-state index in [0.717, 1.165) is 25.3 Å². The van der Waals surface area contributed by atoms with E-state index < -0.39 is 0 Å². The Morgan fingerprint density at radius 2 is 2.22 bits per heavy atom. The van der Waals surface area contributed by atoms with Gasteiger partial charge in [0.2, 0.25) is 0 Å². The van der Waals surface area contributed by atoms with Gasteiger partial charge in [0, 0.05) is 19.1 Å². The zero-order valence-corrected chi connectivity index (χ0v) is 11.3. The Labute approximate surface area is 108 Å². The molecule has 1 atom stereocenters. The smallest absolute Gasteiger partial charge is 0.170 e. The van der Waals surface area contributed by atoms with Crippen molar-refractivity contribution in [3.63, 3.8) is 0 Å². The highest BCUT2D eigenvalue weighted by Gasteiger charge is 2.25. The molecule has 0 saturated carbocycles. The van der Waals surface area contributed by atoms with E-state index in [4.69, 9.17) is 5.73 Å². The van der Waals surface area contributed by atoms with Gasteiger partial charge >= 0.3 is 0 Å². The molecule has 0 radical (unpaired) electrons. The van der Waals surface area contributed by atoms with E-state index in [1.807, 2.05) is 13.8 Å². The molecule has 5 heteroatoms. The molecule has 98 valence electrons. The molecule has 0 spiro atoms. The Morgan fingerprint density at radius 1 is 1.50 bits per heavy atom. The largest absolute Gasteiger partial charge is 0.383 e. The average molecular weight is 247 g/mol. The summed E-state index contributed by atoms with van der Waals surface area (Å²) in [6.07, 6.45) is 2.40. The Bertz CT molecular complexity index is 468. The molecule has 0 bridgehead atoms. The van der Waals surface area contributed by atoms with Gasteiger partial charge in [-0.25, -0.2) is 4.68 Å². The van der Waals surface area contributed by atoms with E-state index in [2.05, 4.69) is 23.0 Å². The second kappa shape index (κ2) is 4.89. The second-order valence-electron chi connectivity index (χ2n) is 5.43. The first-order chi connectivity index (χ1) is 8.54. The second-order valence-corrected chi connectivity index (χ2v) is 5.43. The zero-order valence-electron chi connectivity index (χ0n) is 11.3. The molecule has 18 heavy (non-hydrogen) atoms. The van der Waals surface area contributed by atoms with Crippen LogP contribution in [0, 0.1) is 17.2 Å². The van der Waals surface area contributed by atoms with Crippen LogP contribution < -0.4 is 10.6 Å². The Kier molecular flexibility index (Phi) is 3.46. The summed E-state index contributed by atoms with van der Waals surface area (Å²) < 4.78 is 1.74. The highest BCUT2D eigenvalue weighted by molar-refractivity contribution is 5.65. The normalized spacial score (nSPS) is 20.2. The number of nitrogens with two attached hydrogens (primary N) is 1. The fourth-order valence-electron chi connectivity index (χ4n) is 2.54. The van der Waals surface area contributed by atoms with Gasteiger partial charge in [-0.3, -0.25) is 0 Å². The van der Waals surface area contributed by atoms with Crippen molar-refractivity contribution in [2.45, 2.75) is 39.7 Å². The molecule has 1 saturated heterocycles. The van der Waals surface area contributed by atoms with Crippen LogP contribution in [0.1, 0.15) is 45.2 Å². The van der Waals surface area contributed by atoms with Crippen LogP contribution in [0.2, 0.25) is 0 Å². The lowest BCUT2D eigenvalue weighted by atomic mass is 10.0. The molecule has 2 N–H and O–H groups in total. The van der Waals surface area contributed by atoms with E-state index in [1.54, 1.807) is 4.68 Å². The maximum atomic E-state index is 9.28. The quantitative estimate of drug-likeness (QED) is 0.869. The molecule has 0 aromatic carbocycles. The number of nitrogen functional groups attached to an aromatic ring is 1. The van der Waals surface area contributed by atoms with Crippen LogP contribution in [0.15, 0.2) is 0 Å². The standard InChI is InChI=1S/C13H21N5/c1-9(2)18-12(15)11(7-14)13(16-18)17-6-4-5-10(3)8-17/h9-10H,4-6,8,15H2,1-3H3. The summed E-state index contributed by atoms with van der Waals surface area (Å²) in [6, 6.07) is 2.38. The van der Waals surface area contributed by atoms with E-state index in [-0.39, 0.29) is 6.04 Å². The van der Waals surface area contributed by atoms with E-state index in [1.165, 1.54) is 6.42 Å². The molecule has 2 heterocycles. The summed E-state index contributed by atoms with van der Waals surface area (Å²) >= 11 is 0. The third-order valence-corrected chi connectivity index (χ3v) is 3.49. The summed E-state index contributed by atoms with van der Waals surface area (Å²) in [5.41, 5.74) is 6.53. The molecular formula is C13H21N5. The molecule has 1 aromatic rings. The Balaban J connectivity index is 2.38. The van der Waals surface area contributed by atoms with E-state index in [9.17, 15) is 5.26 Å². The Hall–Kier alpha value is -1.70. The van der Waals surface area contributed by atoms with Gasteiger partial charge in [-0.05, 0) is 32.6 Å². The molecule has 2 rings (SSSR count). The molecule has 0 aliphatic carbocycles. The predicted octanol–water partition coefficient (Wildman–Crippen LogP) is 2.15. The van der Waals surface area contributed by atoms with E-state index >= 15 is 0 Å². The van der Waals surface area contributed by atoms with Gasteiger partial charge in [-0.1, -0.05) is 6.92 Å². The fourth-order valence-corrected chi connectivity index (χ4v) is 2.54. The summed E-state index contributed by atoms with van der Waals surface area (Å²) in [7, 11) is 0. The van der Waals surface area contributed by atoms with Crippen molar-refractivity contribution in [1.82, 2.24) is 9.78 Å². The van der Waals surface area contributed by atoms with Gasteiger partial charge < -0.3 is 10.6 Å². The van der Waals surface area contributed by atoms with Crippen molar-refractivity contribution in [1.29, 1.82) is 5.26 Å². The van der Waals surface area contributed by atoms with Gasteiger partial charge in [0.05, 0.1) is 0 Å². The molecule has 1 unspecified atom stereocenters. The van der Waals surface area contributed by atoms with Crippen LogP contribution in [0.3, 0.4) is 0 Å². The number of piperidine rings is 1. The van der Waals surface area contributed by atoms with Crippen LogP contribution in [0.25, 0.3) is 0 Å². The summed E-state index contributed by atoms with van der Waals surface area (Å²) in [5, 5.41) is 13.8. The van der Waals surface area contributed by atoms with Gasteiger partial charge in [-0.15, -0.1) is 0 Å². The van der Waals surface area contributed by atoms with Crippen molar-refractivity contribution in [2.24, 2.45) is 5.92 Å². The molecule has 1 fully saturated rings. The molecular weight excluding hydrogens is 226 g/mol. The Morgan fingerprint density at radius 3 is 2.78 bits per heavy atom. The first-order valence-electron chi connectivity index (χ1n) is 6.57. The van der Waals surface area contributed by atoms with Crippen LogP contribution in [-0.4, -0.2) is 22.9 Å². The third-order valence-electron chi connectivity index (χ3n) is 3.49. The maximum Gasteiger partial charge on any atom is 0.170 e. The highest BCUT2D eigenvalue weighted by atomic mass is 15.4. The molecule has 1 aromatic heterocycles. The number of anilines is 2. The maximum absolute atomic E-state index is 9.28. The minimum atomic E-state index is 0.174. The van der Waals surface area contributed by atoms with E-state index in [0.29, 0.717) is 17.3 Å². The first kappa shape index (κ1) is 12.7. The van der Waals surface area contributed by atoms with Crippen molar-refractivity contribution in [3.05, 3.63) is 5.56 Å². The van der Waals surface area contributed by atoms with Gasteiger partial charge in [0.25, 0.3) is 0 Å². The summed E-state index contributed by atoms with van der Waals surface area (Å²) in [6.45, 7) is 8.21. The number of aromatic nitrogens is 2. The minimum Gasteiger partial charge on any atom is -0.383 e. The molecule has 0 amide bonds. The van der Waals surface area contributed by atoms with Crippen molar-refractivity contribution in [2.75, 3.05) is 23.7 Å².